The number of hydrogen-bond acceptors (Lipinski definition) is 6. The molecule has 7 nitrogen and oxygen atoms in total. The lowest BCUT2D eigenvalue weighted by atomic mass is 10.1. The summed E-state index contributed by atoms with van der Waals surface area (Å²) in [4.78, 5) is 36.7. The number of hydrogen-bond donors (Lipinski definition) is 0. The molecule has 0 radical (unpaired) electrons. The molecule has 3 rings (SSSR count). The van der Waals surface area contributed by atoms with Crippen molar-refractivity contribution in [3.8, 4) is 5.75 Å². The van der Waals surface area contributed by atoms with E-state index < -0.39 is 4.92 Å². The summed E-state index contributed by atoms with van der Waals surface area (Å²) in [7, 11) is 1.35. The summed E-state index contributed by atoms with van der Waals surface area (Å²) < 4.78 is 4.96. The minimum atomic E-state index is -0.554. The number of nitrogens with zero attached hydrogens (tertiary/aromatic N) is 2. The van der Waals surface area contributed by atoms with Crippen LogP contribution in [0.1, 0.15) is 11.1 Å². The highest BCUT2D eigenvalue weighted by Crippen LogP contribution is 2.34. The summed E-state index contributed by atoms with van der Waals surface area (Å²) in [5, 5.41) is 10.8. The van der Waals surface area contributed by atoms with Crippen molar-refractivity contribution in [2.75, 3.05) is 13.7 Å². The van der Waals surface area contributed by atoms with E-state index >= 15 is 0 Å². The number of imide groups is 1. The minimum absolute atomic E-state index is 0.133. The number of nitro groups is 1. The van der Waals surface area contributed by atoms with Gasteiger partial charge in [0.05, 0.1) is 16.9 Å². The number of thioether (sulfide) groups is 1. The normalized spacial score (nSPS) is 15.4. The predicted molar refractivity (Wildman–Crippen MR) is 102 cm³/mol. The van der Waals surface area contributed by atoms with Gasteiger partial charge in [-0.25, -0.2) is 0 Å². The number of rotatable bonds is 6. The maximum atomic E-state index is 12.5. The van der Waals surface area contributed by atoms with Crippen LogP contribution in [0.25, 0.3) is 6.08 Å². The molecule has 8 heteroatoms. The SMILES string of the molecule is COc1ccc(/C=C2/SC(=O)N(CCc3ccccc3)C2=O)cc1[N+](=O)[O-]. The number of carbonyl (C=O) groups excluding carboxylic acids is 2. The topological polar surface area (TPSA) is 89.8 Å². The fraction of sp³-hybridized carbons (Fsp3) is 0.158. The van der Waals surface area contributed by atoms with Gasteiger partial charge in [0.15, 0.2) is 5.75 Å². The molecule has 0 bridgehead atoms. The Balaban J connectivity index is 1.78. The fourth-order valence-electron chi connectivity index (χ4n) is 2.67. The van der Waals surface area contributed by atoms with Crippen LogP contribution in [-0.2, 0) is 11.2 Å². The van der Waals surface area contributed by atoms with Crippen molar-refractivity contribution in [1.82, 2.24) is 4.90 Å². The highest BCUT2D eigenvalue weighted by molar-refractivity contribution is 8.18. The smallest absolute Gasteiger partial charge is 0.311 e. The molecule has 0 aromatic heterocycles. The van der Waals surface area contributed by atoms with Gasteiger partial charge in [-0.15, -0.1) is 0 Å². The Morgan fingerprint density at radius 3 is 2.59 bits per heavy atom. The zero-order valence-corrected chi connectivity index (χ0v) is 15.3. The van der Waals surface area contributed by atoms with Gasteiger partial charge in [0.1, 0.15) is 0 Å². The molecule has 0 atom stereocenters. The second-order valence-electron chi connectivity index (χ2n) is 5.76. The maximum absolute atomic E-state index is 12.5. The Labute approximate surface area is 159 Å². The lowest BCUT2D eigenvalue weighted by Gasteiger charge is -2.12. The van der Waals surface area contributed by atoms with Gasteiger partial charge in [-0.1, -0.05) is 36.4 Å². The van der Waals surface area contributed by atoms with Crippen molar-refractivity contribution in [1.29, 1.82) is 0 Å². The Bertz CT molecular complexity index is 927. The number of amides is 2. The van der Waals surface area contributed by atoms with E-state index in [4.69, 9.17) is 4.74 Å². The number of methoxy groups -OCH3 is 1. The molecule has 0 unspecified atom stereocenters. The van der Waals surface area contributed by atoms with E-state index in [2.05, 4.69) is 0 Å². The highest BCUT2D eigenvalue weighted by atomic mass is 32.2. The van der Waals surface area contributed by atoms with Gasteiger partial charge >= 0.3 is 5.69 Å². The first-order valence-electron chi connectivity index (χ1n) is 8.11. The van der Waals surface area contributed by atoms with Gasteiger partial charge in [-0.3, -0.25) is 24.6 Å². The van der Waals surface area contributed by atoms with Crippen molar-refractivity contribution in [3.63, 3.8) is 0 Å². The summed E-state index contributed by atoms with van der Waals surface area (Å²) in [6.45, 7) is 0.286. The Kier molecular flexibility index (Phi) is 5.56. The summed E-state index contributed by atoms with van der Waals surface area (Å²) in [6.07, 6.45) is 2.06. The number of ether oxygens (including phenoxy) is 1. The molecule has 1 aliphatic rings. The number of carbonyl (C=O) groups is 2. The average Bonchev–Trinajstić information content (AvgIpc) is 2.93. The van der Waals surface area contributed by atoms with Crippen molar-refractivity contribution in [2.45, 2.75) is 6.42 Å². The molecule has 138 valence electrons. The molecule has 27 heavy (non-hydrogen) atoms. The molecule has 0 N–H and O–H groups in total. The van der Waals surface area contributed by atoms with Crippen molar-refractivity contribution >= 4 is 34.7 Å². The van der Waals surface area contributed by atoms with Crippen molar-refractivity contribution < 1.29 is 19.2 Å². The van der Waals surface area contributed by atoms with E-state index in [0.29, 0.717) is 12.0 Å². The fourth-order valence-corrected chi connectivity index (χ4v) is 3.53. The number of benzene rings is 2. The third-order valence-corrected chi connectivity index (χ3v) is 4.95. The maximum Gasteiger partial charge on any atom is 0.311 e. The Hall–Kier alpha value is -3.13. The van der Waals surface area contributed by atoms with Crippen LogP contribution in [0.3, 0.4) is 0 Å². The lowest BCUT2D eigenvalue weighted by Crippen LogP contribution is -2.30. The molecule has 2 amide bonds. The second kappa shape index (κ2) is 8.05. The van der Waals surface area contributed by atoms with Crippen LogP contribution < -0.4 is 4.74 Å². The summed E-state index contributed by atoms with van der Waals surface area (Å²) in [5.41, 5.74) is 1.29. The van der Waals surface area contributed by atoms with Crippen molar-refractivity contribution in [3.05, 3.63) is 74.7 Å². The molecular weight excluding hydrogens is 368 g/mol. The molecule has 1 fully saturated rings. The standard InChI is InChI=1S/C19H16N2O5S/c1-26-16-8-7-14(11-15(16)21(24)25)12-17-18(22)20(19(23)27-17)10-9-13-5-3-2-4-6-13/h2-8,11-12H,9-10H2,1H3/b17-12+. The van der Waals surface area contributed by atoms with Crippen LogP contribution in [0.2, 0.25) is 0 Å². The molecule has 2 aromatic rings. The highest BCUT2D eigenvalue weighted by Gasteiger charge is 2.34. The van der Waals surface area contributed by atoms with Crippen LogP contribution in [0.5, 0.6) is 5.75 Å². The van der Waals surface area contributed by atoms with E-state index in [1.807, 2.05) is 30.3 Å². The molecular formula is C19H16N2O5S. The molecule has 0 spiro atoms. The van der Waals surface area contributed by atoms with E-state index in [1.165, 1.54) is 30.2 Å². The van der Waals surface area contributed by atoms with E-state index in [0.717, 1.165) is 17.3 Å². The summed E-state index contributed by atoms with van der Waals surface area (Å²) >= 11 is 0.833. The molecule has 2 aromatic carbocycles. The monoisotopic (exact) mass is 384 g/mol. The van der Waals surface area contributed by atoms with Gasteiger partial charge < -0.3 is 4.74 Å². The van der Waals surface area contributed by atoms with Gasteiger partial charge in [0.2, 0.25) is 0 Å². The third kappa shape index (κ3) is 4.17. The zero-order chi connectivity index (χ0) is 19.4. The van der Waals surface area contributed by atoms with E-state index in [1.54, 1.807) is 6.07 Å². The molecule has 0 aliphatic carbocycles. The van der Waals surface area contributed by atoms with Crippen LogP contribution >= 0.6 is 11.8 Å². The molecule has 0 saturated carbocycles. The molecule has 1 saturated heterocycles. The van der Waals surface area contributed by atoms with Gasteiger partial charge in [-0.05, 0) is 41.5 Å². The quantitative estimate of drug-likeness (QED) is 0.426. The molecule has 1 aliphatic heterocycles. The minimum Gasteiger partial charge on any atom is -0.490 e. The average molecular weight is 384 g/mol. The van der Waals surface area contributed by atoms with Gasteiger partial charge in [-0.2, -0.15) is 0 Å². The zero-order valence-electron chi connectivity index (χ0n) is 14.5. The first kappa shape index (κ1) is 18.7. The van der Waals surface area contributed by atoms with Gasteiger partial charge in [0, 0.05) is 12.6 Å². The van der Waals surface area contributed by atoms with Crippen LogP contribution in [0.4, 0.5) is 10.5 Å². The Morgan fingerprint density at radius 1 is 1.19 bits per heavy atom. The summed E-state index contributed by atoms with van der Waals surface area (Å²) in [6, 6.07) is 14.0. The first-order chi connectivity index (χ1) is 13.0. The third-order valence-electron chi connectivity index (χ3n) is 4.04. The van der Waals surface area contributed by atoms with Crippen LogP contribution in [0.15, 0.2) is 53.4 Å². The van der Waals surface area contributed by atoms with Gasteiger partial charge in [0.25, 0.3) is 11.1 Å². The van der Waals surface area contributed by atoms with Crippen LogP contribution in [0, 0.1) is 10.1 Å². The van der Waals surface area contributed by atoms with E-state index in [-0.39, 0.29) is 34.0 Å². The second-order valence-corrected chi connectivity index (χ2v) is 6.75. The first-order valence-corrected chi connectivity index (χ1v) is 8.93. The lowest BCUT2D eigenvalue weighted by molar-refractivity contribution is -0.385. The summed E-state index contributed by atoms with van der Waals surface area (Å²) in [5.74, 6) is -0.257. The Morgan fingerprint density at radius 2 is 1.93 bits per heavy atom. The number of nitro benzene ring substituents is 1. The largest absolute Gasteiger partial charge is 0.490 e. The van der Waals surface area contributed by atoms with Crippen molar-refractivity contribution in [2.24, 2.45) is 0 Å². The van der Waals surface area contributed by atoms with E-state index in [9.17, 15) is 19.7 Å². The molecule has 1 heterocycles. The predicted octanol–water partition coefficient (Wildman–Crippen LogP) is 3.88. The van der Waals surface area contributed by atoms with Crippen LogP contribution in [-0.4, -0.2) is 34.6 Å².